The first-order valence-corrected chi connectivity index (χ1v) is 6.29. The van der Waals surface area contributed by atoms with E-state index in [1.807, 2.05) is 0 Å². The van der Waals surface area contributed by atoms with Crippen molar-refractivity contribution in [3.05, 3.63) is 47.9 Å². The third-order valence-electron chi connectivity index (χ3n) is 2.74. The zero-order chi connectivity index (χ0) is 15.1. The van der Waals surface area contributed by atoms with Crippen LogP contribution < -0.4 is 14.9 Å². The van der Waals surface area contributed by atoms with E-state index in [2.05, 4.69) is 10.5 Å². The minimum Gasteiger partial charge on any atom is -0.493 e. The number of carbonyl (C=O) groups is 1. The molecule has 0 saturated heterocycles. The van der Waals surface area contributed by atoms with E-state index in [4.69, 9.17) is 13.9 Å². The van der Waals surface area contributed by atoms with Gasteiger partial charge in [0, 0.05) is 0 Å². The Morgan fingerprint density at radius 1 is 1.29 bits per heavy atom. The standard InChI is InChI=1S/C15H16N2O4/c1-19-13-6-5-11(8-14(13)20-2)9-15(18)17-16-10-12-4-3-7-21-12/h3-8,10H,9H2,1-2H3,(H,17,18)/b16-10+. The van der Waals surface area contributed by atoms with Crippen LogP contribution in [-0.2, 0) is 11.2 Å². The molecule has 110 valence electrons. The van der Waals surface area contributed by atoms with Gasteiger partial charge in [0.2, 0.25) is 5.91 Å². The Morgan fingerprint density at radius 2 is 2.10 bits per heavy atom. The van der Waals surface area contributed by atoms with Crippen molar-refractivity contribution in [3.63, 3.8) is 0 Å². The fraction of sp³-hybridized carbons (Fsp3) is 0.200. The molecular weight excluding hydrogens is 272 g/mol. The van der Waals surface area contributed by atoms with Crippen LogP contribution in [0.15, 0.2) is 46.1 Å². The molecule has 2 aromatic rings. The molecule has 0 unspecified atom stereocenters. The molecule has 1 aromatic carbocycles. The number of amides is 1. The van der Waals surface area contributed by atoms with Gasteiger partial charge >= 0.3 is 0 Å². The lowest BCUT2D eigenvalue weighted by molar-refractivity contribution is -0.120. The third-order valence-corrected chi connectivity index (χ3v) is 2.74. The van der Waals surface area contributed by atoms with Crippen LogP contribution in [0.1, 0.15) is 11.3 Å². The minimum absolute atomic E-state index is 0.190. The molecule has 0 aliphatic heterocycles. The van der Waals surface area contributed by atoms with Crippen LogP contribution >= 0.6 is 0 Å². The second-order valence-corrected chi connectivity index (χ2v) is 4.17. The number of hydrogen-bond donors (Lipinski definition) is 1. The smallest absolute Gasteiger partial charge is 0.244 e. The van der Waals surface area contributed by atoms with Crippen molar-refractivity contribution in [1.29, 1.82) is 0 Å². The van der Waals surface area contributed by atoms with E-state index in [1.54, 1.807) is 44.6 Å². The highest BCUT2D eigenvalue weighted by Crippen LogP contribution is 2.27. The molecule has 0 aliphatic rings. The Hall–Kier alpha value is -2.76. The molecule has 0 saturated carbocycles. The van der Waals surface area contributed by atoms with Crippen LogP contribution in [0.3, 0.4) is 0 Å². The molecule has 21 heavy (non-hydrogen) atoms. The van der Waals surface area contributed by atoms with Crippen molar-refractivity contribution in [1.82, 2.24) is 5.43 Å². The summed E-state index contributed by atoms with van der Waals surface area (Å²) < 4.78 is 15.4. The average Bonchev–Trinajstić information content (AvgIpc) is 3.00. The predicted molar refractivity (Wildman–Crippen MR) is 77.7 cm³/mol. The Morgan fingerprint density at radius 3 is 2.76 bits per heavy atom. The summed E-state index contributed by atoms with van der Waals surface area (Å²) in [5, 5.41) is 3.81. The van der Waals surface area contributed by atoms with Crippen LogP contribution in [-0.4, -0.2) is 26.3 Å². The quantitative estimate of drug-likeness (QED) is 0.651. The number of benzene rings is 1. The molecule has 0 bridgehead atoms. The normalized spacial score (nSPS) is 10.6. The van der Waals surface area contributed by atoms with E-state index in [1.165, 1.54) is 12.5 Å². The summed E-state index contributed by atoms with van der Waals surface area (Å²) in [6, 6.07) is 8.80. The van der Waals surface area contributed by atoms with Gasteiger partial charge in [-0.25, -0.2) is 5.43 Å². The van der Waals surface area contributed by atoms with Crippen molar-refractivity contribution in [2.24, 2.45) is 5.10 Å². The molecule has 1 N–H and O–H groups in total. The Bertz CT molecular complexity index is 621. The van der Waals surface area contributed by atoms with Crippen LogP contribution in [0.5, 0.6) is 11.5 Å². The highest BCUT2D eigenvalue weighted by atomic mass is 16.5. The summed E-state index contributed by atoms with van der Waals surface area (Å²) in [5.74, 6) is 1.55. The Kier molecular flexibility index (Phi) is 4.98. The number of nitrogens with one attached hydrogen (secondary N) is 1. The molecule has 0 atom stereocenters. The van der Waals surface area contributed by atoms with Gasteiger partial charge < -0.3 is 13.9 Å². The van der Waals surface area contributed by atoms with Gasteiger partial charge in [-0.1, -0.05) is 6.07 Å². The van der Waals surface area contributed by atoms with Gasteiger partial charge in [0.15, 0.2) is 11.5 Å². The number of methoxy groups -OCH3 is 2. The van der Waals surface area contributed by atoms with E-state index in [0.717, 1.165) is 5.56 Å². The lowest BCUT2D eigenvalue weighted by Gasteiger charge is -2.09. The fourth-order valence-corrected chi connectivity index (χ4v) is 1.75. The number of hydrogen-bond acceptors (Lipinski definition) is 5. The topological polar surface area (TPSA) is 73.1 Å². The summed E-state index contributed by atoms with van der Waals surface area (Å²) in [7, 11) is 3.11. The van der Waals surface area contributed by atoms with Gasteiger partial charge in [-0.3, -0.25) is 4.79 Å². The summed E-state index contributed by atoms with van der Waals surface area (Å²) in [5.41, 5.74) is 3.24. The molecule has 1 heterocycles. The molecule has 0 spiro atoms. The highest BCUT2D eigenvalue weighted by Gasteiger charge is 2.07. The number of nitrogens with zero attached hydrogens (tertiary/aromatic N) is 1. The van der Waals surface area contributed by atoms with E-state index in [0.29, 0.717) is 17.3 Å². The number of hydrazone groups is 1. The molecular formula is C15H16N2O4. The Labute approximate surface area is 122 Å². The number of furan rings is 1. The van der Waals surface area contributed by atoms with Gasteiger partial charge in [0.25, 0.3) is 0 Å². The third kappa shape index (κ3) is 4.10. The van der Waals surface area contributed by atoms with Crippen LogP contribution in [0, 0.1) is 0 Å². The monoisotopic (exact) mass is 288 g/mol. The molecule has 1 aromatic heterocycles. The van der Waals surface area contributed by atoms with Gasteiger partial charge in [-0.15, -0.1) is 0 Å². The maximum atomic E-state index is 11.8. The summed E-state index contributed by atoms with van der Waals surface area (Å²) in [4.78, 5) is 11.8. The van der Waals surface area contributed by atoms with Crippen molar-refractivity contribution in [2.45, 2.75) is 6.42 Å². The minimum atomic E-state index is -0.231. The lowest BCUT2D eigenvalue weighted by Crippen LogP contribution is -2.19. The second kappa shape index (κ2) is 7.14. The molecule has 0 fully saturated rings. The fourth-order valence-electron chi connectivity index (χ4n) is 1.75. The van der Waals surface area contributed by atoms with E-state index in [-0.39, 0.29) is 12.3 Å². The molecule has 6 heteroatoms. The maximum Gasteiger partial charge on any atom is 0.244 e. The predicted octanol–water partition coefficient (Wildman–Crippen LogP) is 1.99. The van der Waals surface area contributed by atoms with E-state index in [9.17, 15) is 4.79 Å². The van der Waals surface area contributed by atoms with Crippen LogP contribution in [0.25, 0.3) is 0 Å². The first kappa shape index (κ1) is 14.6. The molecule has 6 nitrogen and oxygen atoms in total. The van der Waals surface area contributed by atoms with Crippen molar-refractivity contribution >= 4 is 12.1 Å². The lowest BCUT2D eigenvalue weighted by atomic mass is 10.1. The Balaban J connectivity index is 1.93. The average molecular weight is 288 g/mol. The first-order chi connectivity index (χ1) is 10.2. The summed E-state index contributed by atoms with van der Waals surface area (Å²) >= 11 is 0. The summed E-state index contributed by atoms with van der Waals surface area (Å²) in [6.07, 6.45) is 3.16. The van der Waals surface area contributed by atoms with Crippen molar-refractivity contribution in [2.75, 3.05) is 14.2 Å². The molecule has 1 amide bonds. The zero-order valence-electron chi connectivity index (χ0n) is 11.8. The molecule has 0 aliphatic carbocycles. The van der Waals surface area contributed by atoms with Gasteiger partial charge in [-0.2, -0.15) is 5.10 Å². The number of carbonyl (C=O) groups excluding carboxylic acids is 1. The second-order valence-electron chi connectivity index (χ2n) is 4.17. The van der Waals surface area contributed by atoms with Crippen LogP contribution in [0.2, 0.25) is 0 Å². The van der Waals surface area contributed by atoms with Crippen molar-refractivity contribution in [3.8, 4) is 11.5 Å². The van der Waals surface area contributed by atoms with Gasteiger partial charge in [-0.05, 0) is 29.8 Å². The maximum absolute atomic E-state index is 11.8. The van der Waals surface area contributed by atoms with Gasteiger partial charge in [0.1, 0.15) is 5.76 Å². The molecule has 2 rings (SSSR count). The van der Waals surface area contributed by atoms with Crippen molar-refractivity contribution < 1.29 is 18.7 Å². The first-order valence-electron chi connectivity index (χ1n) is 6.29. The largest absolute Gasteiger partial charge is 0.493 e. The van der Waals surface area contributed by atoms with Crippen LogP contribution in [0.4, 0.5) is 0 Å². The van der Waals surface area contributed by atoms with E-state index < -0.39 is 0 Å². The zero-order valence-corrected chi connectivity index (χ0v) is 11.8. The molecule has 0 radical (unpaired) electrons. The number of ether oxygens (including phenoxy) is 2. The van der Waals surface area contributed by atoms with Gasteiger partial charge in [0.05, 0.1) is 33.1 Å². The SMILES string of the molecule is COc1ccc(CC(=O)N/N=C/c2ccco2)cc1OC. The highest BCUT2D eigenvalue weighted by molar-refractivity contribution is 5.81. The summed E-state index contributed by atoms with van der Waals surface area (Å²) in [6.45, 7) is 0. The van der Waals surface area contributed by atoms with E-state index >= 15 is 0 Å². The number of rotatable bonds is 6.